The number of likely N-dealkylation sites (tertiary alicyclic amines) is 1. The Balaban J connectivity index is 1.63. The summed E-state index contributed by atoms with van der Waals surface area (Å²) in [6.45, 7) is 6.78. The summed E-state index contributed by atoms with van der Waals surface area (Å²) in [4.78, 5) is 14.0. The van der Waals surface area contributed by atoms with Crippen molar-refractivity contribution in [1.29, 1.82) is 0 Å². The average molecular weight is 422 g/mol. The molecule has 2 heterocycles. The number of ether oxygens (including phenoxy) is 2. The monoisotopic (exact) mass is 421 g/mol. The van der Waals surface area contributed by atoms with E-state index in [-0.39, 0.29) is 18.6 Å². The number of hydrogen-bond donors (Lipinski definition) is 0. The van der Waals surface area contributed by atoms with Gasteiger partial charge in [0.1, 0.15) is 18.0 Å². The van der Waals surface area contributed by atoms with Crippen molar-refractivity contribution >= 4 is 17.7 Å². The van der Waals surface area contributed by atoms with Gasteiger partial charge in [0.05, 0.1) is 6.20 Å². The molecular formula is C21H25ClFN3O3. The molecule has 1 aliphatic rings. The molecule has 0 radical (unpaired) electrons. The van der Waals surface area contributed by atoms with E-state index in [9.17, 15) is 9.18 Å². The summed E-state index contributed by atoms with van der Waals surface area (Å²) < 4.78 is 25.2. The van der Waals surface area contributed by atoms with Crippen molar-refractivity contribution in [2.24, 2.45) is 0 Å². The lowest BCUT2D eigenvalue weighted by atomic mass is 9.90. The van der Waals surface area contributed by atoms with Crippen molar-refractivity contribution in [2.45, 2.75) is 51.7 Å². The van der Waals surface area contributed by atoms with Crippen LogP contribution in [0.4, 0.5) is 9.18 Å². The molecule has 1 aliphatic heterocycles. The van der Waals surface area contributed by atoms with Crippen LogP contribution in [-0.2, 0) is 11.3 Å². The molecule has 1 fully saturated rings. The smallest absolute Gasteiger partial charge is 0.410 e. The number of aromatic nitrogens is 2. The van der Waals surface area contributed by atoms with Crippen LogP contribution in [-0.4, -0.2) is 39.9 Å². The fourth-order valence-electron chi connectivity index (χ4n) is 3.24. The zero-order chi connectivity index (χ0) is 21.0. The lowest BCUT2D eigenvalue weighted by Gasteiger charge is -2.33. The van der Waals surface area contributed by atoms with Crippen molar-refractivity contribution in [1.82, 2.24) is 15.1 Å². The number of carbonyl (C=O) groups excluding carboxylic acids is 1. The van der Waals surface area contributed by atoms with Crippen LogP contribution in [0.15, 0.2) is 30.5 Å². The molecule has 0 unspecified atom stereocenters. The molecule has 0 atom stereocenters. The van der Waals surface area contributed by atoms with Gasteiger partial charge in [-0.25, -0.2) is 9.18 Å². The van der Waals surface area contributed by atoms with E-state index < -0.39 is 11.4 Å². The molecule has 0 saturated carbocycles. The minimum Gasteiger partial charge on any atom is -0.471 e. The number of nitrogens with zero attached hydrogens (tertiary/aromatic N) is 3. The minimum absolute atomic E-state index is 0.0332. The Morgan fingerprint density at radius 1 is 1.28 bits per heavy atom. The van der Waals surface area contributed by atoms with E-state index >= 15 is 0 Å². The minimum atomic E-state index is -0.513. The molecule has 3 rings (SSSR count). The Morgan fingerprint density at radius 3 is 2.66 bits per heavy atom. The maximum atomic E-state index is 14.0. The Kier molecular flexibility index (Phi) is 6.57. The van der Waals surface area contributed by atoms with Crippen molar-refractivity contribution in [3.05, 3.63) is 52.4 Å². The second kappa shape index (κ2) is 8.95. The SMILES string of the molecule is CC(C)(C)OC(=O)N1CCC(c2ccnnc2OCc2ccc(Cl)cc2F)CC1. The summed E-state index contributed by atoms with van der Waals surface area (Å²) in [5, 5.41) is 8.33. The van der Waals surface area contributed by atoms with Crippen molar-refractivity contribution in [3.63, 3.8) is 0 Å². The molecule has 29 heavy (non-hydrogen) atoms. The van der Waals surface area contributed by atoms with Gasteiger partial charge >= 0.3 is 6.09 Å². The maximum absolute atomic E-state index is 14.0. The van der Waals surface area contributed by atoms with Gasteiger partial charge in [-0.05, 0) is 57.7 Å². The van der Waals surface area contributed by atoms with E-state index in [1.165, 1.54) is 6.07 Å². The fraction of sp³-hybridized carbons (Fsp3) is 0.476. The lowest BCUT2D eigenvalue weighted by Crippen LogP contribution is -2.41. The Morgan fingerprint density at radius 2 is 2.00 bits per heavy atom. The third-order valence-corrected chi connectivity index (χ3v) is 4.92. The largest absolute Gasteiger partial charge is 0.471 e. The molecule has 8 heteroatoms. The highest BCUT2D eigenvalue weighted by atomic mass is 35.5. The number of rotatable bonds is 4. The predicted octanol–water partition coefficient (Wildman–Crippen LogP) is 4.96. The zero-order valence-corrected chi connectivity index (χ0v) is 17.6. The van der Waals surface area contributed by atoms with E-state index in [0.717, 1.165) is 18.4 Å². The normalized spacial score (nSPS) is 15.3. The number of amides is 1. The number of piperidine rings is 1. The van der Waals surface area contributed by atoms with Crippen LogP contribution in [0.3, 0.4) is 0 Å². The summed E-state index contributed by atoms with van der Waals surface area (Å²) in [6, 6.07) is 6.33. The highest BCUT2D eigenvalue weighted by Crippen LogP contribution is 2.33. The van der Waals surface area contributed by atoms with Crippen molar-refractivity contribution in [2.75, 3.05) is 13.1 Å². The molecule has 6 nitrogen and oxygen atoms in total. The molecule has 0 spiro atoms. The highest BCUT2D eigenvalue weighted by Gasteiger charge is 2.29. The number of halogens is 2. The summed E-state index contributed by atoms with van der Waals surface area (Å²) in [7, 11) is 0. The van der Waals surface area contributed by atoms with Gasteiger partial charge in [-0.3, -0.25) is 0 Å². The molecule has 2 aromatic rings. The first-order chi connectivity index (χ1) is 13.7. The molecule has 156 valence electrons. The van der Waals surface area contributed by atoms with E-state index in [1.54, 1.807) is 23.2 Å². The van der Waals surface area contributed by atoms with Gasteiger partial charge in [-0.2, -0.15) is 5.10 Å². The second-order valence-electron chi connectivity index (χ2n) is 8.06. The fourth-order valence-corrected chi connectivity index (χ4v) is 3.39. The predicted molar refractivity (Wildman–Crippen MR) is 108 cm³/mol. The molecule has 0 N–H and O–H groups in total. The Labute approximate surface area is 175 Å². The number of carbonyl (C=O) groups is 1. The maximum Gasteiger partial charge on any atom is 0.410 e. The third-order valence-electron chi connectivity index (χ3n) is 4.68. The number of benzene rings is 1. The first-order valence-electron chi connectivity index (χ1n) is 9.59. The lowest BCUT2D eigenvalue weighted by molar-refractivity contribution is 0.0204. The topological polar surface area (TPSA) is 64.5 Å². The van der Waals surface area contributed by atoms with Crippen molar-refractivity contribution in [3.8, 4) is 5.88 Å². The summed E-state index contributed by atoms with van der Waals surface area (Å²) in [6.07, 6.45) is 2.84. The summed E-state index contributed by atoms with van der Waals surface area (Å²) in [5.74, 6) is 0.139. The van der Waals surface area contributed by atoms with Crippen LogP contribution in [0.2, 0.25) is 5.02 Å². The van der Waals surface area contributed by atoms with E-state index in [1.807, 2.05) is 26.8 Å². The zero-order valence-electron chi connectivity index (χ0n) is 16.8. The standard InChI is InChI=1S/C21H25ClFN3O3/c1-21(2,3)29-20(27)26-10-7-14(8-11-26)17-6-9-24-25-19(17)28-13-15-4-5-16(22)12-18(15)23/h4-6,9,12,14H,7-8,10-11,13H2,1-3H3. The van der Waals surface area contributed by atoms with Crippen LogP contribution >= 0.6 is 11.6 Å². The van der Waals surface area contributed by atoms with Gasteiger partial charge in [0.25, 0.3) is 0 Å². The van der Waals surface area contributed by atoms with Crippen LogP contribution in [0.25, 0.3) is 0 Å². The van der Waals surface area contributed by atoms with Gasteiger partial charge < -0.3 is 14.4 Å². The summed E-state index contributed by atoms with van der Waals surface area (Å²) in [5.41, 5.74) is 0.796. The Hall–Kier alpha value is -2.41. The van der Waals surface area contributed by atoms with Gasteiger partial charge in [-0.1, -0.05) is 17.7 Å². The molecule has 1 aromatic carbocycles. The average Bonchev–Trinajstić information content (AvgIpc) is 2.66. The quantitative estimate of drug-likeness (QED) is 0.697. The molecule has 0 aliphatic carbocycles. The first-order valence-corrected chi connectivity index (χ1v) is 9.97. The summed E-state index contributed by atoms with van der Waals surface area (Å²) >= 11 is 5.79. The van der Waals surface area contributed by atoms with Crippen LogP contribution in [0.5, 0.6) is 5.88 Å². The van der Waals surface area contributed by atoms with Crippen molar-refractivity contribution < 1.29 is 18.7 Å². The molecule has 0 bridgehead atoms. The number of hydrogen-bond acceptors (Lipinski definition) is 5. The molecule has 1 saturated heterocycles. The van der Waals surface area contributed by atoms with Crippen LogP contribution < -0.4 is 4.74 Å². The van der Waals surface area contributed by atoms with Gasteiger partial charge in [0.2, 0.25) is 5.88 Å². The van der Waals surface area contributed by atoms with Crippen LogP contribution in [0, 0.1) is 5.82 Å². The Bertz CT molecular complexity index is 864. The highest BCUT2D eigenvalue weighted by molar-refractivity contribution is 6.30. The third kappa shape index (κ3) is 5.79. The van der Waals surface area contributed by atoms with Gasteiger partial charge in [0, 0.05) is 29.2 Å². The molecule has 1 amide bonds. The first kappa shape index (κ1) is 21.3. The van der Waals surface area contributed by atoms with E-state index in [0.29, 0.717) is 29.6 Å². The van der Waals surface area contributed by atoms with Crippen LogP contribution in [0.1, 0.15) is 50.7 Å². The van der Waals surface area contributed by atoms with Gasteiger partial charge in [0.15, 0.2) is 0 Å². The second-order valence-corrected chi connectivity index (χ2v) is 8.49. The van der Waals surface area contributed by atoms with E-state index in [4.69, 9.17) is 21.1 Å². The molecule has 1 aromatic heterocycles. The molecular weight excluding hydrogens is 397 g/mol. The van der Waals surface area contributed by atoms with E-state index in [2.05, 4.69) is 10.2 Å². The van der Waals surface area contributed by atoms with Gasteiger partial charge in [-0.15, -0.1) is 5.10 Å².